The highest BCUT2D eigenvalue weighted by molar-refractivity contribution is 7.99. The summed E-state index contributed by atoms with van der Waals surface area (Å²) in [5.41, 5.74) is 6.82. The van der Waals surface area contributed by atoms with E-state index in [1.807, 2.05) is 11.8 Å². The molecule has 2 unspecified atom stereocenters. The fraction of sp³-hybridized carbons (Fsp3) is 0.538. The van der Waals surface area contributed by atoms with Crippen molar-refractivity contribution in [2.24, 2.45) is 5.73 Å². The van der Waals surface area contributed by atoms with E-state index in [-0.39, 0.29) is 0 Å². The van der Waals surface area contributed by atoms with Crippen LogP contribution in [0.25, 0.3) is 0 Å². The predicted molar refractivity (Wildman–Crippen MR) is 68.6 cm³/mol. The molecule has 3 heteroatoms. The molecule has 16 heavy (non-hydrogen) atoms. The van der Waals surface area contributed by atoms with E-state index in [9.17, 15) is 0 Å². The van der Waals surface area contributed by atoms with Crippen LogP contribution in [0.3, 0.4) is 0 Å². The van der Waals surface area contributed by atoms with Gasteiger partial charge in [-0.2, -0.15) is 0 Å². The molecule has 88 valence electrons. The van der Waals surface area contributed by atoms with Crippen LogP contribution in [0.4, 0.5) is 0 Å². The van der Waals surface area contributed by atoms with Crippen molar-refractivity contribution >= 4 is 11.8 Å². The molecule has 2 rings (SSSR count). The summed E-state index contributed by atoms with van der Waals surface area (Å²) in [6, 6.07) is 8.45. The standard InChI is InChI=1S/C13H19NOS/c1-10-5-6-12(15-10)9-16-13-4-2-3-11(7-13)8-14/h2-4,7,10,12H,5-6,8-9,14H2,1H3. The molecule has 2 nitrogen and oxygen atoms in total. The van der Waals surface area contributed by atoms with Crippen molar-refractivity contribution in [3.05, 3.63) is 29.8 Å². The summed E-state index contributed by atoms with van der Waals surface area (Å²) < 4.78 is 5.79. The molecule has 0 saturated carbocycles. The molecule has 0 aromatic heterocycles. The first kappa shape index (κ1) is 12.0. The number of hydrogen-bond donors (Lipinski definition) is 1. The molecule has 2 atom stereocenters. The Morgan fingerprint density at radius 3 is 3.00 bits per heavy atom. The average molecular weight is 237 g/mol. The van der Waals surface area contributed by atoms with Crippen LogP contribution in [0.15, 0.2) is 29.2 Å². The Labute approximate surface area is 102 Å². The molecule has 0 aliphatic carbocycles. The zero-order valence-electron chi connectivity index (χ0n) is 9.69. The van der Waals surface area contributed by atoms with Gasteiger partial charge in [-0.3, -0.25) is 0 Å². The molecule has 0 bridgehead atoms. The highest BCUT2D eigenvalue weighted by Gasteiger charge is 2.21. The molecule has 1 saturated heterocycles. The third-order valence-corrected chi connectivity index (χ3v) is 4.02. The summed E-state index contributed by atoms with van der Waals surface area (Å²) in [4.78, 5) is 1.30. The first-order valence-corrected chi connectivity index (χ1v) is 6.84. The van der Waals surface area contributed by atoms with Crippen molar-refractivity contribution in [1.82, 2.24) is 0 Å². The summed E-state index contributed by atoms with van der Waals surface area (Å²) in [7, 11) is 0. The lowest BCUT2D eigenvalue weighted by Crippen LogP contribution is -2.10. The topological polar surface area (TPSA) is 35.2 Å². The minimum absolute atomic E-state index is 0.432. The fourth-order valence-electron chi connectivity index (χ4n) is 1.96. The van der Waals surface area contributed by atoms with Gasteiger partial charge in [-0.05, 0) is 37.5 Å². The van der Waals surface area contributed by atoms with Gasteiger partial charge in [0, 0.05) is 17.2 Å². The molecule has 2 N–H and O–H groups in total. The number of rotatable bonds is 4. The van der Waals surface area contributed by atoms with E-state index in [1.54, 1.807) is 0 Å². The molecule has 1 aliphatic rings. The first-order valence-electron chi connectivity index (χ1n) is 5.85. The van der Waals surface area contributed by atoms with Gasteiger partial charge in [0.15, 0.2) is 0 Å². The average Bonchev–Trinajstić information content (AvgIpc) is 2.73. The Morgan fingerprint density at radius 2 is 2.31 bits per heavy atom. The molecular formula is C13H19NOS. The quantitative estimate of drug-likeness (QED) is 0.818. The van der Waals surface area contributed by atoms with Gasteiger partial charge in [-0.1, -0.05) is 12.1 Å². The number of nitrogens with two attached hydrogens (primary N) is 1. The van der Waals surface area contributed by atoms with Gasteiger partial charge in [-0.15, -0.1) is 11.8 Å². The summed E-state index contributed by atoms with van der Waals surface area (Å²) in [6.45, 7) is 2.77. The summed E-state index contributed by atoms with van der Waals surface area (Å²) in [5, 5.41) is 0. The molecule has 0 radical (unpaired) electrons. The molecule has 1 heterocycles. The van der Waals surface area contributed by atoms with Crippen LogP contribution in [-0.2, 0) is 11.3 Å². The lowest BCUT2D eigenvalue weighted by Gasteiger charge is -2.10. The smallest absolute Gasteiger partial charge is 0.0673 e. The number of thioether (sulfide) groups is 1. The van der Waals surface area contributed by atoms with Gasteiger partial charge in [-0.25, -0.2) is 0 Å². The number of hydrogen-bond acceptors (Lipinski definition) is 3. The maximum atomic E-state index is 5.79. The molecule has 1 aromatic carbocycles. The maximum Gasteiger partial charge on any atom is 0.0673 e. The van der Waals surface area contributed by atoms with Crippen LogP contribution in [-0.4, -0.2) is 18.0 Å². The third kappa shape index (κ3) is 3.24. The fourth-order valence-corrected chi connectivity index (χ4v) is 2.99. The Hall–Kier alpha value is -0.510. The minimum Gasteiger partial charge on any atom is -0.374 e. The van der Waals surface area contributed by atoms with Crippen molar-refractivity contribution in [3.8, 4) is 0 Å². The van der Waals surface area contributed by atoms with Crippen LogP contribution in [0.1, 0.15) is 25.3 Å². The van der Waals surface area contributed by atoms with Crippen molar-refractivity contribution < 1.29 is 4.74 Å². The van der Waals surface area contributed by atoms with Crippen molar-refractivity contribution in [2.45, 2.75) is 43.4 Å². The monoisotopic (exact) mass is 237 g/mol. The van der Waals surface area contributed by atoms with Gasteiger partial charge in [0.2, 0.25) is 0 Å². The zero-order valence-corrected chi connectivity index (χ0v) is 10.5. The van der Waals surface area contributed by atoms with Gasteiger partial charge in [0.05, 0.1) is 12.2 Å². The summed E-state index contributed by atoms with van der Waals surface area (Å²) >= 11 is 1.87. The van der Waals surface area contributed by atoms with Crippen molar-refractivity contribution in [3.63, 3.8) is 0 Å². The van der Waals surface area contributed by atoms with E-state index in [2.05, 4.69) is 31.2 Å². The van der Waals surface area contributed by atoms with Crippen LogP contribution in [0.5, 0.6) is 0 Å². The van der Waals surface area contributed by atoms with E-state index in [1.165, 1.54) is 23.3 Å². The second-order valence-corrected chi connectivity index (χ2v) is 5.40. The Bertz CT molecular complexity index is 342. The van der Waals surface area contributed by atoms with E-state index in [4.69, 9.17) is 10.5 Å². The highest BCUT2D eigenvalue weighted by Crippen LogP contribution is 2.26. The van der Waals surface area contributed by atoms with Gasteiger partial charge >= 0.3 is 0 Å². The lowest BCUT2D eigenvalue weighted by molar-refractivity contribution is 0.0700. The molecule has 1 aliphatic heterocycles. The van der Waals surface area contributed by atoms with Gasteiger partial charge in [0.1, 0.15) is 0 Å². The minimum atomic E-state index is 0.432. The van der Waals surface area contributed by atoms with Crippen LogP contribution < -0.4 is 5.73 Å². The summed E-state index contributed by atoms with van der Waals surface area (Å²) in [6.07, 6.45) is 3.28. The lowest BCUT2D eigenvalue weighted by atomic mass is 10.2. The van der Waals surface area contributed by atoms with Crippen LogP contribution in [0.2, 0.25) is 0 Å². The zero-order chi connectivity index (χ0) is 11.4. The van der Waals surface area contributed by atoms with Gasteiger partial charge < -0.3 is 10.5 Å². The Kier molecular flexibility index (Phi) is 4.27. The third-order valence-electron chi connectivity index (χ3n) is 2.89. The number of ether oxygens (including phenoxy) is 1. The SMILES string of the molecule is CC1CCC(CSc2cccc(CN)c2)O1. The molecule has 0 spiro atoms. The molecular weight excluding hydrogens is 218 g/mol. The van der Waals surface area contributed by atoms with Crippen LogP contribution >= 0.6 is 11.8 Å². The molecule has 1 aromatic rings. The second kappa shape index (κ2) is 5.71. The summed E-state index contributed by atoms with van der Waals surface area (Å²) in [5.74, 6) is 1.05. The number of benzene rings is 1. The van der Waals surface area contributed by atoms with E-state index in [0.717, 1.165) is 5.75 Å². The predicted octanol–water partition coefficient (Wildman–Crippen LogP) is 2.80. The van der Waals surface area contributed by atoms with Crippen molar-refractivity contribution in [2.75, 3.05) is 5.75 Å². The van der Waals surface area contributed by atoms with Gasteiger partial charge in [0.25, 0.3) is 0 Å². The largest absolute Gasteiger partial charge is 0.374 e. The van der Waals surface area contributed by atoms with E-state index >= 15 is 0 Å². The van der Waals surface area contributed by atoms with E-state index < -0.39 is 0 Å². The van der Waals surface area contributed by atoms with Crippen LogP contribution in [0, 0.1) is 0 Å². The highest BCUT2D eigenvalue weighted by atomic mass is 32.2. The molecule has 0 amide bonds. The maximum absolute atomic E-state index is 5.79. The Morgan fingerprint density at radius 1 is 1.44 bits per heavy atom. The first-order chi connectivity index (χ1) is 7.78. The normalized spacial score (nSPS) is 24.9. The Balaban J connectivity index is 1.84. The van der Waals surface area contributed by atoms with E-state index in [0.29, 0.717) is 18.8 Å². The second-order valence-electron chi connectivity index (χ2n) is 4.31. The van der Waals surface area contributed by atoms with Crippen molar-refractivity contribution in [1.29, 1.82) is 0 Å². The molecule has 1 fully saturated rings.